The van der Waals surface area contributed by atoms with Crippen LogP contribution < -0.4 is 14.8 Å². The molecule has 0 aliphatic carbocycles. The summed E-state index contributed by atoms with van der Waals surface area (Å²) in [6, 6.07) is 5.80. The Labute approximate surface area is 187 Å². The Bertz CT molecular complexity index is 1040. The van der Waals surface area contributed by atoms with Gasteiger partial charge in [0.1, 0.15) is 11.5 Å². The molecule has 31 heavy (non-hydrogen) atoms. The molecule has 9 nitrogen and oxygen atoms in total. The van der Waals surface area contributed by atoms with E-state index < -0.39 is 17.9 Å². The Morgan fingerprint density at radius 2 is 1.84 bits per heavy atom. The molecule has 1 saturated heterocycles. The molecule has 1 aliphatic rings. The lowest BCUT2D eigenvalue weighted by Crippen LogP contribution is -2.30. The van der Waals surface area contributed by atoms with Crippen LogP contribution in [0.3, 0.4) is 0 Å². The van der Waals surface area contributed by atoms with Crippen LogP contribution in [0.15, 0.2) is 38.9 Å². The van der Waals surface area contributed by atoms with Crippen LogP contribution in [0.5, 0.6) is 11.5 Å². The second kappa shape index (κ2) is 9.69. The summed E-state index contributed by atoms with van der Waals surface area (Å²) < 4.78 is 21.8. The summed E-state index contributed by atoms with van der Waals surface area (Å²) in [6.07, 6.45) is 1.55. The molecule has 1 aromatic heterocycles. The van der Waals surface area contributed by atoms with Crippen molar-refractivity contribution >= 4 is 39.9 Å². The molecule has 0 spiro atoms. The van der Waals surface area contributed by atoms with E-state index in [1.807, 2.05) is 13.8 Å². The standard InChI is InChI=1S/C21H21BrN2O7/c1-4-29-17-9-12(14(22)10-18(17)30-5-2)8-15-19(25)24(21(27)23-15)11-13-6-7-16(31-13)20(26)28-3/h6-10H,4-5,11H2,1-3H3,(H,23,27). The molecule has 0 bridgehead atoms. The predicted molar refractivity (Wildman–Crippen MR) is 114 cm³/mol. The molecule has 0 radical (unpaired) electrons. The van der Waals surface area contributed by atoms with Crippen LogP contribution in [0.1, 0.15) is 35.7 Å². The zero-order chi connectivity index (χ0) is 22.5. The number of urea groups is 1. The number of methoxy groups -OCH3 is 1. The summed E-state index contributed by atoms with van der Waals surface area (Å²) >= 11 is 3.46. The number of carbonyl (C=O) groups is 3. The first kappa shape index (κ1) is 22.4. The average Bonchev–Trinajstić information content (AvgIpc) is 3.31. The van der Waals surface area contributed by atoms with E-state index in [2.05, 4.69) is 26.0 Å². The Hall–Kier alpha value is -3.27. The van der Waals surface area contributed by atoms with Gasteiger partial charge in [0.2, 0.25) is 5.76 Å². The van der Waals surface area contributed by atoms with Gasteiger partial charge in [-0.25, -0.2) is 9.59 Å². The number of carbonyl (C=O) groups excluding carboxylic acids is 3. The lowest BCUT2D eigenvalue weighted by Gasteiger charge is -2.13. The van der Waals surface area contributed by atoms with E-state index in [0.29, 0.717) is 34.7 Å². The minimum atomic E-state index is -0.644. The van der Waals surface area contributed by atoms with Gasteiger partial charge in [0.05, 0.1) is 26.9 Å². The third-order valence-corrected chi connectivity index (χ3v) is 4.97. The minimum Gasteiger partial charge on any atom is -0.490 e. The third-order valence-electron chi connectivity index (χ3n) is 4.29. The van der Waals surface area contributed by atoms with E-state index in [1.54, 1.807) is 18.2 Å². The van der Waals surface area contributed by atoms with Crippen molar-refractivity contribution in [2.24, 2.45) is 0 Å². The van der Waals surface area contributed by atoms with Gasteiger partial charge in [-0.1, -0.05) is 15.9 Å². The van der Waals surface area contributed by atoms with Crippen LogP contribution in [0.4, 0.5) is 4.79 Å². The number of nitrogens with one attached hydrogen (secondary N) is 1. The van der Waals surface area contributed by atoms with Gasteiger partial charge in [-0.05, 0) is 49.8 Å². The predicted octanol–water partition coefficient (Wildman–Crippen LogP) is 3.72. The van der Waals surface area contributed by atoms with E-state index >= 15 is 0 Å². The van der Waals surface area contributed by atoms with Crippen molar-refractivity contribution in [3.05, 3.63) is 51.5 Å². The van der Waals surface area contributed by atoms with Gasteiger partial charge in [0.15, 0.2) is 11.5 Å². The summed E-state index contributed by atoms with van der Waals surface area (Å²) in [7, 11) is 1.23. The number of halogens is 1. The van der Waals surface area contributed by atoms with Gasteiger partial charge in [-0.3, -0.25) is 9.69 Å². The molecule has 3 amide bonds. The number of furan rings is 1. The van der Waals surface area contributed by atoms with Gasteiger partial charge in [0, 0.05) is 4.47 Å². The molecular weight excluding hydrogens is 472 g/mol. The van der Waals surface area contributed by atoms with Crippen molar-refractivity contribution in [1.82, 2.24) is 10.2 Å². The molecule has 2 heterocycles. The second-order valence-corrected chi connectivity index (χ2v) is 7.18. The summed E-state index contributed by atoms with van der Waals surface area (Å²) in [5.41, 5.74) is 0.723. The Balaban J connectivity index is 1.83. The molecule has 0 atom stereocenters. The van der Waals surface area contributed by atoms with Crippen LogP contribution >= 0.6 is 15.9 Å². The summed E-state index contributed by atoms with van der Waals surface area (Å²) in [4.78, 5) is 37.6. The van der Waals surface area contributed by atoms with Crippen molar-refractivity contribution < 1.29 is 33.0 Å². The molecule has 1 fully saturated rings. The van der Waals surface area contributed by atoms with Gasteiger partial charge < -0.3 is 23.9 Å². The number of ether oxygens (including phenoxy) is 3. The maximum atomic E-state index is 12.8. The van der Waals surface area contributed by atoms with Gasteiger partial charge in [-0.2, -0.15) is 0 Å². The average molecular weight is 493 g/mol. The smallest absolute Gasteiger partial charge is 0.373 e. The number of hydrogen-bond acceptors (Lipinski definition) is 7. The Kier molecular flexibility index (Phi) is 7.01. The van der Waals surface area contributed by atoms with Crippen LogP contribution in [0.2, 0.25) is 0 Å². The number of benzene rings is 1. The van der Waals surface area contributed by atoms with Crippen LogP contribution in [-0.4, -0.2) is 43.1 Å². The quantitative estimate of drug-likeness (QED) is 0.339. The summed E-state index contributed by atoms with van der Waals surface area (Å²) in [5.74, 6) is 0.183. The molecule has 10 heteroatoms. The first-order valence-corrected chi connectivity index (χ1v) is 10.3. The monoisotopic (exact) mass is 492 g/mol. The highest BCUT2D eigenvalue weighted by Gasteiger charge is 2.34. The van der Waals surface area contributed by atoms with E-state index in [9.17, 15) is 14.4 Å². The minimum absolute atomic E-state index is 0.0120. The van der Waals surface area contributed by atoms with Crippen molar-refractivity contribution in [1.29, 1.82) is 0 Å². The SMILES string of the molecule is CCOc1cc(Br)c(C=C2NC(=O)N(Cc3ccc(C(=O)OC)o3)C2=O)cc1OCC. The fraction of sp³-hybridized carbons (Fsp3) is 0.286. The second-order valence-electron chi connectivity index (χ2n) is 6.32. The van der Waals surface area contributed by atoms with E-state index in [4.69, 9.17) is 13.9 Å². The maximum absolute atomic E-state index is 12.8. The molecule has 3 rings (SSSR count). The molecule has 1 aliphatic heterocycles. The zero-order valence-electron chi connectivity index (χ0n) is 17.2. The van der Waals surface area contributed by atoms with E-state index in [-0.39, 0.29) is 23.8 Å². The zero-order valence-corrected chi connectivity index (χ0v) is 18.8. The van der Waals surface area contributed by atoms with E-state index in [1.165, 1.54) is 19.2 Å². The number of amides is 3. The number of rotatable bonds is 8. The third kappa shape index (κ3) is 4.91. The number of imide groups is 1. The fourth-order valence-corrected chi connectivity index (χ4v) is 3.33. The number of hydrogen-bond donors (Lipinski definition) is 1. The molecule has 1 N–H and O–H groups in total. The van der Waals surface area contributed by atoms with Crippen molar-refractivity contribution in [2.45, 2.75) is 20.4 Å². The summed E-state index contributed by atoms with van der Waals surface area (Å²) in [6.45, 7) is 4.51. The lowest BCUT2D eigenvalue weighted by atomic mass is 10.1. The Morgan fingerprint density at radius 1 is 1.16 bits per heavy atom. The molecule has 2 aromatic rings. The van der Waals surface area contributed by atoms with Crippen molar-refractivity contribution in [2.75, 3.05) is 20.3 Å². The molecule has 164 valence electrons. The topological polar surface area (TPSA) is 107 Å². The van der Waals surface area contributed by atoms with Crippen LogP contribution in [0, 0.1) is 0 Å². The molecule has 0 saturated carbocycles. The molecule has 1 aromatic carbocycles. The highest BCUT2D eigenvalue weighted by molar-refractivity contribution is 9.10. The first-order chi connectivity index (χ1) is 14.9. The van der Waals surface area contributed by atoms with Crippen LogP contribution in [-0.2, 0) is 16.1 Å². The molecular formula is C21H21BrN2O7. The van der Waals surface area contributed by atoms with Gasteiger partial charge in [0.25, 0.3) is 5.91 Å². The fourth-order valence-electron chi connectivity index (χ4n) is 2.90. The highest BCUT2D eigenvalue weighted by Crippen LogP contribution is 2.35. The molecule has 0 unspecified atom stereocenters. The lowest BCUT2D eigenvalue weighted by molar-refractivity contribution is -0.123. The Morgan fingerprint density at radius 3 is 2.48 bits per heavy atom. The van der Waals surface area contributed by atoms with E-state index in [0.717, 1.165) is 4.90 Å². The van der Waals surface area contributed by atoms with Gasteiger partial charge >= 0.3 is 12.0 Å². The highest BCUT2D eigenvalue weighted by atomic mass is 79.9. The summed E-state index contributed by atoms with van der Waals surface area (Å²) in [5, 5.41) is 2.55. The first-order valence-electron chi connectivity index (χ1n) is 9.48. The number of esters is 1. The number of nitrogens with zero attached hydrogens (tertiary/aromatic N) is 1. The maximum Gasteiger partial charge on any atom is 0.373 e. The van der Waals surface area contributed by atoms with Crippen molar-refractivity contribution in [3.63, 3.8) is 0 Å². The van der Waals surface area contributed by atoms with Crippen LogP contribution in [0.25, 0.3) is 6.08 Å². The normalized spacial score (nSPS) is 14.7. The largest absolute Gasteiger partial charge is 0.490 e. The van der Waals surface area contributed by atoms with Crippen molar-refractivity contribution in [3.8, 4) is 11.5 Å². The van der Waals surface area contributed by atoms with Gasteiger partial charge in [-0.15, -0.1) is 0 Å².